The van der Waals surface area contributed by atoms with Crippen LogP contribution in [0.3, 0.4) is 0 Å². The zero-order valence-electron chi connectivity index (χ0n) is 15.5. The van der Waals surface area contributed by atoms with Gasteiger partial charge >= 0.3 is 0 Å². The lowest BCUT2D eigenvalue weighted by Gasteiger charge is -2.37. The summed E-state index contributed by atoms with van der Waals surface area (Å²) in [6.07, 6.45) is 0. The molecule has 1 aliphatic heterocycles. The number of hydrogen-bond acceptors (Lipinski definition) is 6. The first kappa shape index (κ1) is 23.3. The average Bonchev–Trinajstić information content (AvgIpc) is 2.59. The maximum atomic E-state index is 12.7. The monoisotopic (exact) mass is 420 g/mol. The van der Waals surface area contributed by atoms with Gasteiger partial charge in [0.2, 0.25) is 15.9 Å². The van der Waals surface area contributed by atoms with E-state index in [1.54, 1.807) is 4.90 Å². The summed E-state index contributed by atoms with van der Waals surface area (Å²) in [5, 5.41) is 10.9. The number of nitro groups is 1. The van der Waals surface area contributed by atoms with Crippen LogP contribution in [-0.2, 0) is 14.8 Å². The molecule has 1 aromatic rings. The van der Waals surface area contributed by atoms with Gasteiger partial charge < -0.3 is 10.6 Å². The fraction of sp³-hybridized carbons (Fsp3) is 0.562. The molecule has 11 heteroatoms. The number of nitro benzene ring substituents is 1. The van der Waals surface area contributed by atoms with Crippen LogP contribution in [0.4, 0.5) is 5.69 Å². The molecular weight excluding hydrogens is 396 g/mol. The first-order chi connectivity index (χ1) is 11.9. The van der Waals surface area contributed by atoms with Crippen molar-refractivity contribution in [2.45, 2.75) is 31.7 Å². The Hall–Kier alpha value is -1.75. The van der Waals surface area contributed by atoms with Gasteiger partial charge in [0.1, 0.15) is 0 Å². The van der Waals surface area contributed by atoms with Crippen molar-refractivity contribution in [3.05, 3.63) is 34.4 Å². The standard InChI is InChI=1S/C16H24N4O5S.ClH/c1-16(2,3)14(17)15(21)18-7-9-19(10-8-18)26(24,25)13-6-4-5-12(11-13)20(22)23;/h4-6,11,14H,7-10,17H2,1-3H3;1H/t14-;/m1./s1. The normalized spacial score (nSPS) is 17.1. The van der Waals surface area contributed by atoms with E-state index in [1.807, 2.05) is 20.8 Å². The van der Waals surface area contributed by atoms with Gasteiger partial charge in [-0.3, -0.25) is 14.9 Å². The molecule has 2 rings (SSSR count). The lowest BCUT2D eigenvalue weighted by molar-refractivity contribution is -0.385. The van der Waals surface area contributed by atoms with E-state index in [4.69, 9.17) is 5.73 Å². The molecule has 1 atom stereocenters. The van der Waals surface area contributed by atoms with Gasteiger partial charge in [-0.25, -0.2) is 8.42 Å². The van der Waals surface area contributed by atoms with E-state index in [1.165, 1.54) is 22.5 Å². The fourth-order valence-electron chi connectivity index (χ4n) is 2.62. The van der Waals surface area contributed by atoms with Crippen LogP contribution in [0.2, 0.25) is 0 Å². The molecule has 1 heterocycles. The molecule has 27 heavy (non-hydrogen) atoms. The molecule has 0 bridgehead atoms. The molecule has 1 fully saturated rings. The number of piperazine rings is 1. The molecule has 9 nitrogen and oxygen atoms in total. The third-order valence-corrected chi connectivity index (χ3v) is 6.31. The van der Waals surface area contributed by atoms with Crippen molar-refractivity contribution in [3.8, 4) is 0 Å². The van der Waals surface area contributed by atoms with E-state index in [0.717, 1.165) is 6.07 Å². The average molecular weight is 421 g/mol. The van der Waals surface area contributed by atoms with E-state index in [2.05, 4.69) is 0 Å². The summed E-state index contributed by atoms with van der Waals surface area (Å²) in [4.78, 5) is 24.1. The number of halogens is 1. The highest BCUT2D eigenvalue weighted by molar-refractivity contribution is 7.89. The Balaban J connectivity index is 0.00000364. The van der Waals surface area contributed by atoms with Gasteiger partial charge in [-0.2, -0.15) is 4.31 Å². The molecule has 0 aromatic heterocycles. The Morgan fingerprint density at radius 1 is 1.22 bits per heavy atom. The van der Waals surface area contributed by atoms with Crippen LogP contribution in [0, 0.1) is 15.5 Å². The van der Waals surface area contributed by atoms with Gasteiger partial charge in [-0.15, -0.1) is 12.4 Å². The van der Waals surface area contributed by atoms with Crippen LogP contribution in [0.1, 0.15) is 20.8 Å². The van der Waals surface area contributed by atoms with Crippen LogP contribution >= 0.6 is 12.4 Å². The number of amides is 1. The summed E-state index contributed by atoms with van der Waals surface area (Å²) in [7, 11) is -3.86. The Bertz CT molecular complexity index is 801. The highest BCUT2D eigenvalue weighted by Gasteiger charge is 2.35. The number of rotatable bonds is 4. The van der Waals surface area contributed by atoms with Crippen molar-refractivity contribution in [1.29, 1.82) is 0 Å². The minimum atomic E-state index is -3.86. The fourth-order valence-corrected chi connectivity index (χ4v) is 4.08. The SMILES string of the molecule is CC(C)(C)[C@H](N)C(=O)N1CCN(S(=O)(=O)c2cccc([N+](=O)[O-])c2)CC1.Cl. The number of nitrogens with zero attached hydrogens (tertiary/aromatic N) is 3. The number of hydrogen-bond donors (Lipinski definition) is 1. The van der Waals surface area contributed by atoms with E-state index in [-0.39, 0.29) is 60.5 Å². The summed E-state index contributed by atoms with van der Waals surface area (Å²) >= 11 is 0. The number of non-ortho nitro benzene ring substituents is 1. The minimum absolute atomic E-state index is 0. The van der Waals surface area contributed by atoms with Crippen LogP contribution in [0.5, 0.6) is 0 Å². The molecule has 1 saturated heterocycles. The lowest BCUT2D eigenvalue weighted by Crippen LogP contribution is -2.56. The highest BCUT2D eigenvalue weighted by atomic mass is 35.5. The van der Waals surface area contributed by atoms with Crippen molar-refractivity contribution >= 4 is 34.0 Å². The molecule has 0 saturated carbocycles. The summed E-state index contributed by atoms with van der Waals surface area (Å²) < 4.78 is 26.6. The molecule has 0 unspecified atom stereocenters. The van der Waals surface area contributed by atoms with E-state index < -0.39 is 21.0 Å². The van der Waals surface area contributed by atoms with Crippen LogP contribution in [-0.4, -0.2) is 60.7 Å². The van der Waals surface area contributed by atoms with E-state index in [0.29, 0.717) is 0 Å². The van der Waals surface area contributed by atoms with Crippen LogP contribution < -0.4 is 5.73 Å². The van der Waals surface area contributed by atoms with Gasteiger partial charge in [-0.1, -0.05) is 26.8 Å². The first-order valence-corrected chi connectivity index (χ1v) is 9.67. The Morgan fingerprint density at radius 2 is 1.78 bits per heavy atom. The largest absolute Gasteiger partial charge is 0.339 e. The first-order valence-electron chi connectivity index (χ1n) is 8.23. The summed E-state index contributed by atoms with van der Waals surface area (Å²) in [5.41, 5.74) is 5.33. The molecule has 1 aromatic carbocycles. The van der Waals surface area contributed by atoms with Crippen LogP contribution in [0.25, 0.3) is 0 Å². The topological polar surface area (TPSA) is 127 Å². The zero-order valence-corrected chi connectivity index (χ0v) is 17.1. The van der Waals surface area contributed by atoms with Gasteiger partial charge in [0.15, 0.2) is 0 Å². The smallest absolute Gasteiger partial charge is 0.270 e. The van der Waals surface area contributed by atoms with E-state index in [9.17, 15) is 23.3 Å². The molecule has 0 spiro atoms. The highest BCUT2D eigenvalue weighted by Crippen LogP contribution is 2.23. The van der Waals surface area contributed by atoms with Crippen molar-refractivity contribution in [3.63, 3.8) is 0 Å². The second-order valence-electron chi connectivity index (χ2n) is 7.33. The van der Waals surface area contributed by atoms with Crippen molar-refractivity contribution in [2.24, 2.45) is 11.1 Å². The maximum Gasteiger partial charge on any atom is 0.270 e. The zero-order chi connectivity index (χ0) is 19.7. The number of carbonyl (C=O) groups excluding carboxylic acids is 1. The van der Waals surface area contributed by atoms with Gasteiger partial charge in [0.05, 0.1) is 15.9 Å². The Labute approximate surface area is 165 Å². The molecule has 152 valence electrons. The Morgan fingerprint density at radius 3 is 2.26 bits per heavy atom. The van der Waals surface area contributed by atoms with Gasteiger partial charge in [0, 0.05) is 38.3 Å². The predicted molar refractivity (Wildman–Crippen MR) is 103 cm³/mol. The molecular formula is C16H25ClN4O5S. The quantitative estimate of drug-likeness (QED) is 0.576. The third-order valence-electron chi connectivity index (χ3n) is 4.42. The van der Waals surface area contributed by atoms with Crippen molar-refractivity contribution in [2.75, 3.05) is 26.2 Å². The third kappa shape index (κ3) is 5.16. The number of carbonyl (C=O) groups is 1. The van der Waals surface area contributed by atoms with Gasteiger partial charge in [0.25, 0.3) is 5.69 Å². The van der Waals surface area contributed by atoms with Gasteiger partial charge in [-0.05, 0) is 11.5 Å². The summed E-state index contributed by atoms with van der Waals surface area (Å²) in [6, 6.07) is 4.29. The number of sulfonamides is 1. The molecule has 0 aliphatic carbocycles. The second kappa shape index (κ2) is 8.51. The molecule has 1 aliphatic rings. The minimum Gasteiger partial charge on any atom is -0.339 e. The predicted octanol–water partition coefficient (Wildman–Crippen LogP) is 1.22. The van der Waals surface area contributed by atoms with Crippen molar-refractivity contribution in [1.82, 2.24) is 9.21 Å². The number of benzene rings is 1. The summed E-state index contributed by atoms with van der Waals surface area (Å²) in [6.45, 7) is 6.32. The summed E-state index contributed by atoms with van der Waals surface area (Å²) in [5.74, 6) is -0.204. The molecule has 2 N–H and O–H groups in total. The van der Waals surface area contributed by atoms with E-state index >= 15 is 0 Å². The number of nitrogens with two attached hydrogens (primary N) is 1. The Kier molecular flexibility index (Phi) is 7.34. The lowest BCUT2D eigenvalue weighted by atomic mass is 9.86. The second-order valence-corrected chi connectivity index (χ2v) is 9.27. The molecule has 1 amide bonds. The van der Waals surface area contributed by atoms with Crippen molar-refractivity contribution < 1.29 is 18.1 Å². The van der Waals surface area contributed by atoms with Crippen LogP contribution in [0.15, 0.2) is 29.2 Å². The molecule has 0 radical (unpaired) electrons. The maximum absolute atomic E-state index is 12.7.